The molecule has 19 heavy (non-hydrogen) atoms. The summed E-state index contributed by atoms with van der Waals surface area (Å²) in [6.45, 7) is 1.85. The minimum Gasteiger partial charge on any atom is -0.480 e. The number of methoxy groups -OCH3 is 1. The first-order valence-corrected chi connectivity index (χ1v) is 5.95. The summed E-state index contributed by atoms with van der Waals surface area (Å²) in [4.78, 5) is 8.40. The van der Waals surface area contributed by atoms with Gasteiger partial charge in [0.2, 0.25) is 5.88 Å². The smallest absolute Gasteiger partial charge is 0.237 e. The zero-order valence-electron chi connectivity index (χ0n) is 11.1. The average Bonchev–Trinajstić information content (AvgIpc) is 2.39. The van der Waals surface area contributed by atoms with E-state index < -0.39 is 0 Å². The summed E-state index contributed by atoms with van der Waals surface area (Å²) in [7, 11) is 3.33. The zero-order valence-corrected chi connectivity index (χ0v) is 11.1. The molecule has 5 heteroatoms. The molecule has 100 valence electrons. The molecule has 1 aromatic carbocycles. The van der Waals surface area contributed by atoms with E-state index in [2.05, 4.69) is 15.3 Å². The molecular weight excluding hydrogens is 245 g/mol. The van der Waals surface area contributed by atoms with Crippen LogP contribution >= 0.6 is 0 Å². The summed E-state index contributed by atoms with van der Waals surface area (Å²) in [5, 5.41) is 3.11. The molecular formula is C14H16FN3O. The number of aryl methyl sites for hydroxylation is 1. The van der Waals surface area contributed by atoms with Gasteiger partial charge in [-0.25, -0.2) is 9.37 Å². The van der Waals surface area contributed by atoms with Crippen molar-refractivity contribution in [2.75, 3.05) is 14.2 Å². The summed E-state index contributed by atoms with van der Waals surface area (Å²) < 4.78 is 18.7. The maximum atomic E-state index is 13.5. The number of benzene rings is 1. The van der Waals surface area contributed by atoms with Gasteiger partial charge in [0.15, 0.2) is 0 Å². The number of rotatable bonds is 4. The minimum atomic E-state index is -0.266. The van der Waals surface area contributed by atoms with Crippen LogP contribution in [-0.4, -0.2) is 24.1 Å². The fourth-order valence-corrected chi connectivity index (χ4v) is 2.08. The molecule has 1 unspecified atom stereocenters. The third-order valence-corrected chi connectivity index (χ3v) is 2.84. The monoisotopic (exact) mass is 261 g/mol. The van der Waals surface area contributed by atoms with Crippen molar-refractivity contribution < 1.29 is 9.13 Å². The molecule has 2 aromatic rings. The molecule has 0 saturated heterocycles. The Kier molecular flexibility index (Phi) is 4.06. The first-order chi connectivity index (χ1) is 9.15. The SMILES string of the molecule is CNC(c1cc(C)cc(F)c1)c1nccnc1OC. The normalized spacial score (nSPS) is 12.2. The summed E-state index contributed by atoms with van der Waals surface area (Å²) in [6, 6.07) is 4.63. The lowest BCUT2D eigenvalue weighted by Crippen LogP contribution is -2.20. The van der Waals surface area contributed by atoms with Crippen molar-refractivity contribution in [1.29, 1.82) is 0 Å². The summed E-state index contributed by atoms with van der Waals surface area (Å²) in [6.07, 6.45) is 3.15. The van der Waals surface area contributed by atoms with Gasteiger partial charge in [0.05, 0.1) is 13.2 Å². The van der Waals surface area contributed by atoms with Gasteiger partial charge in [-0.3, -0.25) is 4.98 Å². The van der Waals surface area contributed by atoms with Crippen molar-refractivity contribution >= 4 is 0 Å². The Bertz CT molecular complexity index is 554. The molecule has 0 aliphatic carbocycles. The first-order valence-electron chi connectivity index (χ1n) is 5.95. The van der Waals surface area contributed by atoms with Gasteiger partial charge in [0.25, 0.3) is 0 Å². The predicted octanol–water partition coefficient (Wildman–Crippen LogP) is 2.24. The largest absolute Gasteiger partial charge is 0.480 e. The molecule has 0 saturated carbocycles. The number of aromatic nitrogens is 2. The highest BCUT2D eigenvalue weighted by Gasteiger charge is 2.19. The van der Waals surface area contributed by atoms with Crippen LogP contribution in [0, 0.1) is 12.7 Å². The van der Waals surface area contributed by atoms with Crippen molar-refractivity contribution in [3.8, 4) is 5.88 Å². The van der Waals surface area contributed by atoms with Crippen molar-refractivity contribution in [1.82, 2.24) is 15.3 Å². The van der Waals surface area contributed by atoms with Gasteiger partial charge in [-0.2, -0.15) is 0 Å². The second-order valence-electron chi connectivity index (χ2n) is 4.23. The molecule has 0 radical (unpaired) electrons. The van der Waals surface area contributed by atoms with Crippen LogP contribution in [0.15, 0.2) is 30.6 Å². The van der Waals surface area contributed by atoms with Crippen LogP contribution in [-0.2, 0) is 0 Å². The molecule has 0 spiro atoms. The summed E-state index contributed by atoms with van der Waals surface area (Å²) in [5.41, 5.74) is 2.29. The molecule has 0 aliphatic heterocycles. The molecule has 1 atom stereocenters. The van der Waals surface area contributed by atoms with Crippen LogP contribution in [0.1, 0.15) is 22.9 Å². The van der Waals surface area contributed by atoms with Crippen LogP contribution in [0.3, 0.4) is 0 Å². The predicted molar refractivity (Wildman–Crippen MR) is 70.6 cm³/mol. The molecule has 1 N–H and O–H groups in total. The van der Waals surface area contributed by atoms with Crippen molar-refractivity contribution in [2.45, 2.75) is 13.0 Å². The van der Waals surface area contributed by atoms with Crippen LogP contribution < -0.4 is 10.1 Å². The minimum absolute atomic E-state index is 0.266. The number of ether oxygens (including phenoxy) is 1. The molecule has 0 amide bonds. The number of nitrogens with one attached hydrogen (secondary N) is 1. The van der Waals surface area contributed by atoms with E-state index in [1.807, 2.05) is 13.0 Å². The third kappa shape index (κ3) is 2.88. The highest BCUT2D eigenvalue weighted by atomic mass is 19.1. The molecule has 2 rings (SSSR count). The van der Waals surface area contributed by atoms with Crippen LogP contribution in [0.4, 0.5) is 4.39 Å². The maximum Gasteiger partial charge on any atom is 0.237 e. The second kappa shape index (κ2) is 5.75. The highest BCUT2D eigenvalue weighted by molar-refractivity contribution is 5.35. The van der Waals surface area contributed by atoms with Crippen LogP contribution in [0.25, 0.3) is 0 Å². The quantitative estimate of drug-likeness (QED) is 0.917. The lowest BCUT2D eigenvalue weighted by Gasteiger charge is -2.18. The Morgan fingerprint density at radius 1 is 1.21 bits per heavy atom. The summed E-state index contributed by atoms with van der Waals surface area (Å²) in [5.74, 6) is 0.168. The third-order valence-electron chi connectivity index (χ3n) is 2.84. The lowest BCUT2D eigenvalue weighted by molar-refractivity contribution is 0.384. The van der Waals surface area contributed by atoms with E-state index in [0.29, 0.717) is 11.6 Å². The Labute approximate surface area is 111 Å². The second-order valence-corrected chi connectivity index (χ2v) is 4.23. The van der Waals surface area contributed by atoms with Gasteiger partial charge >= 0.3 is 0 Å². The topological polar surface area (TPSA) is 47.0 Å². The fourth-order valence-electron chi connectivity index (χ4n) is 2.08. The lowest BCUT2D eigenvalue weighted by atomic mass is 10.0. The van der Waals surface area contributed by atoms with Gasteiger partial charge < -0.3 is 10.1 Å². The van der Waals surface area contributed by atoms with E-state index in [-0.39, 0.29) is 11.9 Å². The van der Waals surface area contributed by atoms with Crippen molar-refractivity contribution in [3.63, 3.8) is 0 Å². The first kappa shape index (κ1) is 13.4. The van der Waals surface area contributed by atoms with E-state index in [4.69, 9.17) is 4.74 Å². The molecule has 0 fully saturated rings. The molecule has 4 nitrogen and oxygen atoms in total. The van der Waals surface area contributed by atoms with E-state index in [0.717, 1.165) is 11.1 Å². The van der Waals surface area contributed by atoms with E-state index in [9.17, 15) is 4.39 Å². The van der Waals surface area contributed by atoms with E-state index in [1.54, 1.807) is 19.4 Å². The number of hydrogen-bond donors (Lipinski definition) is 1. The van der Waals surface area contributed by atoms with Gasteiger partial charge in [0.1, 0.15) is 11.5 Å². The van der Waals surface area contributed by atoms with Crippen LogP contribution in [0.5, 0.6) is 5.88 Å². The van der Waals surface area contributed by atoms with Crippen LogP contribution in [0.2, 0.25) is 0 Å². The number of halogens is 1. The molecule has 1 aromatic heterocycles. The van der Waals surface area contributed by atoms with E-state index >= 15 is 0 Å². The Hall–Kier alpha value is -2.01. The number of nitrogens with zero attached hydrogens (tertiary/aromatic N) is 2. The average molecular weight is 261 g/mol. The highest BCUT2D eigenvalue weighted by Crippen LogP contribution is 2.27. The zero-order chi connectivity index (χ0) is 13.8. The summed E-state index contributed by atoms with van der Waals surface area (Å²) >= 11 is 0. The van der Waals surface area contributed by atoms with Crippen molar-refractivity contribution in [2.24, 2.45) is 0 Å². The molecule has 0 bridgehead atoms. The van der Waals surface area contributed by atoms with Gasteiger partial charge in [-0.15, -0.1) is 0 Å². The Morgan fingerprint density at radius 2 is 1.95 bits per heavy atom. The molecule has 0 aliphatic rings. The Morgan fingerprint density at radius 3 is 2.58 bits per heavy atom. The van der Waals surface area contributed by atoms with Crippen molar-refractivity contribution in [3.05, 3.63) is 53.2 Å². The fraction of sp³-hybridized carbons (Fsp3) is 0.286. The number of hydrogen-bond acceptors (Lipinski definition) is 4. The van der Waals surface area contributed by atoms with Gasteiger partial charge in [-0.05, 0) is 37.2 Å². The maximum absolute atomic E-state index is 13.5. The van der Waals surface area contributed by atoms with E-state index in [1.165, 1.54) is 19.2 Å². The standard InChI is InChI=1S/C14H16FN3O/c1-9-6-10(8-11(15)7-9)12(16-2)13-14(19-3)18-5-4-17-13/h4-8,12,16H,1-3H3. The Balaban J connectivity index is 2.49. The van der Waals surface area contributed by atoms with Gasteiger partial charge in [0, 0.05) is 12.4 Å². The molecule has 1 heterocycles. The van der Waals surface area contributed by atoms with Gasteiger partial charge in [-0.1, -0.05) is 6.07 Å².